The molecule has 0 saturated heterocycles. The van der Waals surface area contributed by atoms with Crippen LogP contribution in [-0.4, -0.2) is 19.9 Å². The van der Waals surface area contributed by atoms with E-state index in [1.54, 1.807) is 11.3 Å². The van der Waals surface area contributed by atoms with E-state index in [2.05, 4.69) is 56.3 Å². The van der Waals surface area contributed by atoms with E-state index >= 15 is 0 Å². The van der Waals surface area contributed by atoms with Crippen molar-refractivity contribution in [1.29, 1.82) is 0 Å². The van der Waals surface area contributed by atoms with E-state index in [-0.39, 0.29) is 6.04 Å². The van der Waals surface area contributed by atoms with E-state index in [0.29, 0.717) is 6.54 Å². The van der Waals surface area contributed by atoms with Gasteiger partial charge >= 0.3 is 0 Å². The van der Waals surface area contributed by atoms with Gasteiger partial charge in [0.2, 0.25) is 0 Å². The van der Waals surface area contributed by atoms with Gasteiger partial charge in [-0.05, 0) is 30.2 Å². The number of nitrogens with zero attached hydrogens (tertiary/aromatic N) is 2. The molecule has 1 aromatic carbocycles. The number of benzene rings is 1. The Morgan fingerprint density at radius 1 is 0.923 bits per heavy atom. The third-order valence-electron chi connectivity index (χ3n) is 4.20. The number of thiophene rings is 1. The fraction of sp³-hybridized carbons (Fsp3) is 0.158. The van der Waals surface area contributed by atoms with Crippen LogP contribution in [0.3, 0.4) is 0 Å². The number of imidazole rings is 2. The van der Waals surface area contributed by atoms with Crippen LogP contribution >= 0.6 is 11.3 Å². The largest absolute Gasteiger partial charge is 0.341 e. The van der Waals surface area contributed by atoms with Crippen LogP contribution in [0.15, 0.2) is 48.8 Å². The highest BCUT2D eigenvalue weighted by Crippen LogP contribution is 2.34. The van der Waals surface area contributed by atoms with Gasteiger partial charge in [-0.15, -0.1) is 11.3 Å². The maximum absolute atomic E-state index is 5.87. The normalized spacial score (nSPS) is 12.4. The van der Waals surface area contributed by atoms with E-state index in [1.165, 1.54) is 10.4 Å². The first kappa shape index (κ1) is 16.7. The average Bonchev–Trinajstić information content (AvgIpc) is 3.41. The van der Waals surface area contributed by atoms with Crippen LogP contribution in [0, 0.1) is 0 Å². The summed E-state index contributed by atoms with van der Waals surface area (Å²) in [5, 5.41) is 0. The van der Waals surface area contributed by atoms with Crippen molar-refractivity contribution < 1.29 is 0 Å². The summed E-state index contributed by atoms with van der Waals surface area (Å²) in [7, 11) is 0. The van der Waals surface area contributed by atoms with E-state index in [1.807, 2.05) is 19.3 Å². The fourth-order valence-electron chi connectivity index (χ4n) is 2.76. The summed E-state index contributed by atoms with van der Waals surface area (Å²) < 4.78 is 0. The summed E-state index contributed by atoms with van der Waals surface area (Å²) in [6, 6.07) is 12.6. The number of nitrogens with two attached hydrogens (primary N) is 2. The van der Waals surface area contributed by atoms with Crippen LogP contribution < -0.4 is 11.5 Å². The molecule has 0 saturated carbocycles. The molecule has 0 aliphatic rings. The second-order valence-corrected chi connectivity index (χ2v) is 7.24. The van der Waals surface area contributed by atoms with Crippen LogP contribution in [0.4, 0.5) is 0 Å². The van der Waals surface area contributed by atoms with E-state index in [9.17, 15) is 0 Å². The molecule has 132 valence electrons. The molecule has 7 heteroatoms. The van der Waals surface area contributed by atoms with Crippen LogP contribution in [0.1, 0.15) is 24.6 Å². The van der Waals surface area contributed by atoms with E-state index in [4.69, 9.17) is 11.5 Å². The fourth-order valence-corrected chi connectivity index (χ4v) is 3.73. The predicted octanol–water partition coefficient (Wildman–Crippen LogP) is 3.67. The summed E-state index contributed by atoms with van der Waals surface area (Å²) in [6.45, 7) is 2.33. The van der Waals surface area contributed by atoms with Gasteiger partial charge in [0.15, 0.2) is 0 Å². The molecule has 4 rings (SSSR count). The molecule has 6 nitrogen and oxygen atoms in total. The summed E-state index contributed by atoms with van der Waals surface area (Å²) in [5.74, 6) is 1.59. The zero-order chi connectivity index (χ0) is 18.1. The molecule has 0 radical (unpaired) electrons. The molecule has 6 N–H and O–H groups in total. The van der Waals surface area contributed by atoms with E-state index in [0.717, 1.165) is 33.5 Å². The first-order valence-electron chi connectivity index (χ1n) is 8.39. The number of H-pyrrole nitrogens is 2. The summed E-state index contributed by atoms with van der Waals surface area (Å²) in [6.07, 6.45) is 3.65. The summed E-state index contributed by atoms with van der Waals surface area (Å²) >= 11 is 1.72. The molecule has 0 bridgehead atoms. The van der Waals surface area contributed by atoms with Gasteiger partial charge < -0.3 is 21.4 Å². The minimum absolute atomic E-state index is 0.0991. The van der Waals surface area contributed by atoms with Gasteiger partial charge in [-0.25, -0.2) is 9.97 Å². The van der Waals surface area contributed by atoms with Gasteiger partial charge in [-0.1, -0.05) is 24.3 Å². The van der Waals surface area contributed by atoms with Gasteiger partial charge in [-0.2, -0.15) is 0 Å². The van der Waals surface area contributed by atoms with Crippen molar-refractivity contribution in [2.45, 2.75) is 19.5 Å². The Balaban J connectivity index is 1.57. The third kappa shape index (κ3) is 3.20. The predicted molar refractivity (Wildman–Crippen MR) is 105 cm³/mol. The Labute approximate surface area is 155 Å². The molecule has 0 aliphatic carbocycles. The Morgan fingerprint density at radius 2 is 1.62 bits per heavy atom. The summed E-state index contributed by atoms with van der Waals surface area (Å²) in [5.41, 5.74) is 15.7. The number of hydrogen-bond donors (Lipinski definition) is 4. The lowest BCUT2D eigenvalue weighted by Gasteiger charge is -2.01. The van der Waals surface area contributed by atoms with Crippen LogP contribution in [0.25, 0.3) is 32.3 Å². The second kappa shape index (κ2) is 6.87. The topological polar surface area (TPSA) is 109 Å². The molecule has 0 fully saturated rings. The monoisotopic (exact) mass is 364 g/mol. The average molecular weight is 364 g/mol. The quantitative estimate of drug-likeness (QED) is 0.433. The second-order valence-electron chi connectivity index (χ2n) is 6.16. The Hall–Kier alpha value is -2.74. The highest BCUT2D eigenvalue weighted by molar-refractivity contribution is 7.18. The minimum Gasteiger partial charge on any atom is -0.341 e. The van der Waals surface area contributed by atoms with Gasteiger partial charge in [0, 0.05) is 4.88 Å². The smallest absolute Gasteiger partial charge is 0.123 e. The Morgan fingerprint density at radius 3 is 2.27 bits per heavy atom. The molecule has 0 spiro atoms. The van der Waals surface area contributed by atoms with Gasteiger partial charge in [0.05, 0.1) is 41.2 Å². The minimum atomic E-state index is -0.0991. The Kier molecular flexibility index (Phi) is 4.42. The zero-order valence-corrected chi connectivity index (χ0v) is 15.2. The van der Waals surface area contributed by atoms with Crippen molar-refractivity contribution in [3.05, 3.63) is 60.4 Å². The summed E-state index contributed by atoms with van der Waals surface area (Å²) in [4.78, 5) is 17.4. The lowest BCUT2D eigenvalue weighted by Crippen LogP contribution is -2.06. The van der Waals surface area contributed by atoms with Crippen molar-refractivity contribution in [3.63, 3.8) is 0 Å². The first-order chi connectivity index (χ1) is 12.6. The molecule has 0 aliphatic heterocycles. The molecule has 4 aromatic rings. The zero-order valence-electron chi connectivity index (χ0n) is 14.4. The Bertz CT molecular complexity index is 1010. The molecular formula is C19H20N6S. The van der Waals surface area contributed by atoms with Crippen molar-refractivity contribution in [1.82, 2.24) is 19.9 Å². The highest BCUT2D eigenvalue weighted by atomic mass is 32.1. The van der Waals surface area contributed by atoms with E-state index < -0.39 is 0 Å². The van der Waals surface area contributed by atoms with Crippen molar-refractivity contribution >= 4 is 11.3 Å². The molecule has 0 amide bonds. The van der Waals surface area contributed by atoms with Crippen molar-refractivity contribution in [2.75, 3.05) is 0 Å². The van der Waals surface area contributed by atoms with Crippen LogP contribution in [-0.2, 0) is 6.54 Å². The molecule has 26 heavy (non-hydrogen) atoms. The van der Waals surface area contributed by atoms with Crippen LogP contribution in [0.5, 0.6) is 0 Å². The number of hydrogen-bond acceptors (Lipinski definition) is 5. The molecule has 3 aromatic heterocycles. The van der Waals surface area contributed by atoms with Crippen LogP contribution in [0.2, 0.25) is 0 Å². The lowest BCUT2D eigenvalue weighted by molar-refractivity contribution is 0.756. The number of nitrogens with one attached hydrogen (secondary N) is 2. The maximum atomic E-state index is 5.87. The third-order valence-corrected chi connectivity index (χ3v) is 5.37. The number of aromatic nitrogens is 4. The molecule has 1 atom stereocenters. The van der Waals surface area contributed by atoms with Crippen molar-refractivity contribution in [3.8, 4) is 32.3 Å². The van der Waals surface area contributed by atoms with Crippen molar-refractivity contribution in [2.24, 2.45) is 11.5 Å². The molecular weight excluding hydrogens is 344 g/mol. The maximum Gasteiger partial charge on any atom is 0.123 e. The lowest BCUT2D eigenvalue weighted by atomic mass is 10.1. The highest BCUT2D eigenvalue weighted by Gasteiger charge is 2.10. The number of rotatable bonds is 5. The molecule has 1 unspecified atom stereocenters. The standard InChI is InChI=1S/C19H20N6S/c1-11(21)19-23-10-15(25-19)17-7-6-16(26-17)13-4-2-12(3-5-13)14-9-22-18(8-20)24-14/h2-7,9-11H,8,20-21H2,1H3,(H,22,24)(H,23,25). The van der Waals surface area contributed by atoms with Gasteiger partial charge in [-0.3, -0.25) is 0 Å². The number of aromatic amines is 2. The SMILES string of the molecule is CC(N)c1ncc(-c2ccc(-c3ccc(-c4cnc(CN)[nH]4)cc3)s2)[nH]1. The molecule has 3 heterocycles. The first-order valence-corrected chi connectivity index (χ1v) is 9.21. The van der Waals surface area contributed by atoms with Gasteiger partial charge in [0.1, 0.15) is 11.6 Å². The van der Waals surface area contributed by atoms with Gasteiger partial charge in [0.25, 0.3) is 0 Å².